The van der Waals surface area contributed by atoms with Gasteiger partial charge in [0, 0.05) is 23.3 Å². The van der Waals surface area contributed by atoms with Gasteiger partial charge in [0.2, 0.25) is 5.89 Å². The molecule has 4 aromatic rings. The third kappa shape index (κ3) is 4.49. The maximum Gasteiger partial charge on any atom is 0.271 e. The first kappa shape index (κ1) is 20.4. The lowest BCUT2D eigenvalue weighted by Crippen LogP contribution is -2.17. The fraction of sp³-hybridized carbons (Fsp3) is 0. The molecule has 1 heterocycles. The minimum absolute atomic E-state index is 0.0276. The molecule has 4 rings (SSSR count). The first-order valence-electron chi connectivity index (χ1n) is 9.31. The fourth-order valence-corrected chi connectivity index (χ4v) is 2.78. The molecule has 0 fully saturated rings. The maximum absolute atomic E-state index is 12.3. The van der Waals surface area contributed by atoms with E-state index in [2.05, 4.69) is 20.7 Å². The van der Waals surface area contributed by atoms with Crippen molar-refractivity contribution < 1.29 is 19.2 Å². The molecule has 0 bridgehead atoms. The van der Waals surface area contributed by atoms with Crippen molar-refractivity contribution in [1.29, 1.82) is 0 Å². The van der Waals surface area contributed by atoms with Gasteiger partial charge < -0.3 is 9.52 Å². The smallest absolute Gasteiger partial charge is 0.271 e. The highest BCUT2D eigenvalue weighted by molar-refractivity contribution is 5.95. The summed E-state index contributed by atoms with van der Waals surface area (Å²) in [5.41, 5.74) is 4.35. The molecule has 2 N–H and O–H groups in total. The van der Waals surface area contributed by atoms with Crippen molar-refractivity contribution in [3.8, 4) is 28.7 Å². The Morgan fingerprint density at radius 1 is 1.00 bits per heavy atom. The molecule has 3 aromatic carbocycles. The van der Waals surface area contributed by atoms with E-state index in [0.29, 0.717) is 22.3 Å². The van der Waals surface area contributed by atoms with Gasteiger partial charge >= 0.3 is 0 Å². The molecule has 32 heavy (non-hydrogen) atoms. The Labute approximate surface area is 181 Å². The number of aromatic hydroxyl groups is 1. The van der Waals surface area contributed by atoms with E-state index < -0.39 is 10.8 Å². The van der Waals surface area contributed by atoms with Gasteiger partial charge in [-0.2, -0.15) is 5.10 Å². The quantitative estimate of drug-likeness (QED) is 0.270. The van der Waals surface area contributed by atoms with Crippen LogP contribution in [0.3, 0.4) is 0 Å². The summed E-state index contributed by atoms with van der Waals surface area (Å²) in [5.74, 6) is 0.0195. The number of hydrogen-bond donors (Lipinski definition) is 2. The number of para-hydroxylation sites is 1. The van der Waals surface area contributed by atoms with Crippen LogP contribution < -0.4 is 5.43 Å². The normalized spacial score (nSPS) is 10.9. The number of aromatic nitrogens is 2. The molecule has 1 aromatic heterocycles. The maximum atomic E-state index is 12.3. The number of rotatable bonds is 6. The summed E-state index contributed by atoms with van der Waals surface area (Å²) >= 11 is 0. The summed E-state index contributed by atoms with van der Waals surface area (Å²) in [5, 5.41) is 32.4. The standard InChI is InChI=1S/C22H15N5O5/c28-19-4-2-1-3-18(19)22-26-25-21(32-22)16-9-7-15(8-10-16)20(29)24-23-13-14-5-11-17(12-6-14)27(30)31/h1-13,28H,(H,24,29)/b23-13+. The van der Waals surface area contributed by atoms with E-state index in [1.807, 2.05) is 0 Å². The minimum Gasteiger partial charge on any atom is -0.507 e. The van der Waals surface area contributed by atoms with E-state index in [1.165, 1.54) is 36.5 Å². The molecule has 0 unspecified atom stereocenters. The molecule has 0 radical (unpaired) electrons. The van der Waals surface area contributed by atoms with E-state index in [-0.39, 0.29) is 23.2 Å². The number of non-ortho nitro benzene ring substituents is 1. The van der Waals surface area contributed by atoms with Crippen molar-refractivity contribution in [2.75, 3.05) is 0 Å². The van der Waals surface area contributed by atoms with Gasteiger partial charge in [0.1, 0.15) is 5.75 Å². The van der Waals surface area contributed by atoms with Crippen molar-refractivity contribution in [2.24, 2.45) is 5.10 Å². The van der Waals surface area contributed by atoms with Crippen LogP contribution in [0.4, 0.5) is 5.69 Å². The topological polar surface area (TPSA) is 144 Å². The van der Waals surface area contributed by atoms with Crippen molar-refractivity contribution >= 4 is 17.8 Å². The van der Waals surface area contributed by atoms with Crippen LogP contribution in [0, 0.1) is 10.1 Å². The average Bonchev–Trinajstić information content (AvgIpc) is 3.30. The van der Waals surface area contributed by atoms with Crippen molar-refractivity contribution in [2.45, 2.75) is 0 Å². The van der Waals surface area contributed by atoms with Crippen LogP contribution in [0.5, 0.6) is 5.75 Å². The largest absolute Gasteiger partial charge is 0.507 e. The van der Waals surface area contributed by atoms with Gasteiger partial charge in [-0.05, 0) is 54.1 Å². The molecular formula is C22H15N5O5. The van der Waals surface area contributed by atoms with E-state index in [4.69, 9.17) is 4.42 Å². The lowest BCUT2D eigenvalue weighted by molar-refractivity contribution is -0.384. The van der Waals surface area contributed by atoms with Gasteiger partial charge in [0.25, 0.3) is 17.5 Å². The number of nitro benzene ring substituents is 1. The first-order chi connectivity index (χ1) is 15.5. The molecule has 1 amide bonds. The van der Waals surface area contributed by atoms with Crippen molar-refractivity contribution in [1.82, 2.24) is 15.6 Å². The Balaban J connectivity index is 1.41. The van der Waals surface area contributed by atoms with Crippen LogP contribution in [-0.2, 0) is 0 Å². The zero-order chi connectivity index (χ0) is 22.5. The van der Waals surface area contributed by atoms with Crippen LogP contribution in [0.2, 0.25) is 0 Å². The predicted molar refractivity (Wildman–Crippen MR) is 115 cm³/mol. The minimum atomic E-state index is -0.493. The van der Waals surface area contributed by atoms with Crippen LogP contribution in [0.1, 0.15) is 15.9 Å². The van der Waals surface area contributed by atoms with Gasteiger partial charge in [-0.1, -0.05) is 12.1 Å². The second-order valence-electron chi connectivity index (χ2n) is 6.55. The zero-order valence-corrected chi connectivity index (χ0v) is 16.4. The number of amides is 1. The van der Waals surface area contributed by atoms with E-state index in [9.17, 15) is 20.0 Å². The average molecular weight is 429 g/mol. The molecule has 0 saturated carbocycles. The third-order valence-electron chi connectivity index (χ3n) is 4.44. The molecule has 0 aliphatic heterocycles. The van der Waals surface area contributed by atoms with Crippen LogP contribution in [0.25, 0.3) is 22.9 Å². The summed E-state index contributed by atoms with van der Waals surface area (Å²) in [7, 11) is 0. The number of nitrogens with zero attached hydrogens (tertiary/aromatic N) is 4. The summed E-state index contributed by atoms with van der Waals surface area (Å²) in [6.07, 6.45) is 1.38. The second kappa shape index (κ2) is 8.88. The molecule has 0 aliphatic carbocycles. The molecule has 0 atom stereocenters. The highest BCUT2D eigenvalue weighted by Crippen LogP contribution is 2.29. The predicted octanol–water partition coefficient (Wildman–Crippen LogP) is 3.78. The summed E-state index contributed by atoms with van der Waals surface area (Å²) in [6.45, 7) is 0. The Bertz CT molecular complexity index is 1300. The molecule has 10 nitrogen and oxygen atoms in total. The molecule has 0 saturated heterocycles. The van der Waals surface area contributed by atoms with E-state index >= 15 is 0 Å². The second-order valence-corrected chi connectivity index (χ2v) is 6.55. The van der Waals surface area contributed by atoms with Crippen molar-refractivity contribution in [3.63, 3.8) is 0 Å². The van der Waals surface area contributed by atoms with Crippen LogP contribution in [-0.4, -0.2) is 32.3 Å². The number of nitrogens with one attached hydrogen (secondary N) is 1. The number of phenolic OH excluding ortho intramolecular Hbond substituents is 1. The van der Waals surface area contributed by atoms with Crippen molar-refractivity contribution in [3.05, 3.63) is 94.0 Å². The lowest BCUT2D eigenvalue weighted by atomic mass is 10.1. The number of benzene rings is 3. The van der Waals surface area contributed by atoms with Gasteiger partial charge in [-0.3, -0.25) is 14.9 Å². The Hall–Kier alpha value is -4.86. The van der Waals surface area contributed by atoms with Crippen LogP contribution in [0.15, 0.2) is 82.3 Å². The fourth-order valence-electron chi connectivity index (χ4n) is 2.78. The first-order valence-corrected chi connectivity index (χ1v) is 9.31. The SMILES string of the molecule is O=C(N/N=C/c1ccc([N+](=O)[O-])cc1)c1ccc(-c2nnc(-c3ccccc3O)o2)cc1. The van der Waals surface area contributed by atoms with E-state index in [1.54, 1.807) is 42.5 Å². The van der Waals surface area contributed by atoms with Gasteiger partial charge in [0.15, 0.2) is 0 Å². The number of carbonyl (C=O) groups is 1. The number of hydrazone groups is 1. The Morgan fingerprint density at radius 2 is 1.69 bits per heavy atom. The Morgan fingerprint density at radius 3 is 2.38 bits per heavy atom. The third-order valence-corrected chi connectivity index (χ3v) is 4.44. The van der Waals surface area contributed by atoms with Gasteiger partial charge in [0.05, 0.1) is 16.7 Å². The summed E-state index contributed by atoms with van der Waals surface area (Å²) in [4.78, 5) is 22.4. The molecule has 158 valence electrons. The monoisotopic (exact) mass is 429 g/mol. The van der Waals surface area contributed by atoms with Gasteiger partial charge in [-0.15, -0.1) is 10.2 Å². The van der Waals surface area contributed by atoms with E-state index in [0.717, 1.165) is 0 Å². The molecular weight excluding hydrogens is 414 g/mol. The molecule has 10 heteroatoms. The number of nitro groups is 1. The highest BCUT2D eigenvalue weighted by atomic mass is 16.6. The lowest BCUT2D eigenvalue weighted by Gasteiger charge is -2.01. The van der Waals surface area contributed by atoms with Crippen LogP contribution >= 0.6 is 0 Å². The highest BCUT2D eigenvalue weighted by Gasteiger charge is 2.14. The zero-order valence-electron chi connectivity index (χ0n) is 16.4. The van der Waals surface area contributed by atoms with Gasteiger partial charge in [-0.25, -0.2) is 5.43 Å². The molecule has 0 spiro atoms. The summed E-state index contributed by atoms with van der Waals surface area (Å²) < 4.78 is 5.63. The number of hydrogen-bond acceptors (Lipinski definition) is 8. The summed E-state index contributed by atoms with van der Waals surface area (Å²) in [6, 6.07) is 18.8. The number of carbonyl (C=O) groups excluding carboxylic acids is 1. The Kier molecular flexibility index (Phi) is 5.66. The molecule has 0 aliphatic rings. The number of phenols is 1.